The van der Waals surface area contributed by atoms with E-state index < -0.39 is 5.60 Å². The van der Waals surface area contributed by atoms with Crippen LogP contribution in [0.4, 0.5) is 0 Å². The third kappa shape index (κ3) is 3.39. The monoisotopic (exact) mass is 321 g/mol. The zero-order chi connectivity index (χ0) is 16.3. The molecule has 0 aromatic carbocycles. The lowest BCUT2D eigenvalue weighted by Crippen LogP contribution is -2.38. The van der Waals surface area contributed by atoms with Crippen LogP contribution in [0.5, 0.6) is 0 Å². The van der Waals surface area contributed by atoms with Crippen molar-refractivity contribution >= 4 is 17.2 Å². The van der Waals surface area contributed by atoms with Crippen LogP contribution in [0.1, 0.15) is 47.6 Å². The van der Waals surface area contributed by atoms with Gasteiger partial charge in [-0.05, 0) is 49.6 Å². The van der Waals surface area contributed by atoms with Crippen molar-refractivity contribution in [2.45, 2.75) is 46.3 Å². The van der Waals surface area contributed by atoms with Gasteiger partial charge in [-0.15, -0.1) is 0 Å². The average molecular weight is 321 g/mol. The van der Waals surface area contributed by atoms with E-state index in [1.807, 2.05) is 35.4 Å². The summed E-state index contributed by atoms with van der Waals surface area (Å²) in [7, 11) is 0. The number of aromatic nitrogens is 2. The Morgan fingerprint density at radius 1 is 1.50 bits per heavy atom. The Morgan fingerprint density at radius 2 is 2.23 bits per heavy atom. The summed E-state index contributed by atoms with van der Waals surface area (Å²) in [6, 6.07) is 1.87. The molecule has 0 aliphatic heterocycles. The Bertz CT molecular complexity index is 645. The molecule has 0 aliphatic rings. The number of nitrogens with zero attached hydrogens (tertiary/aromatic N) is 2. The van der Waals surface area contributed by atoms with Crippen molar-refractivity contribution in [2.24, 2.45) is 0 Å². The van der Waals surface area contributed by atoms with Gasteiger partial charge in [-0.25, -0.2) is 0 Å². The van der Waals surface area contributed by atoms with E-state index in [0.29, 0.717) is 5.56 Å². The second-order valence-electron chi connectivity index (χ2n) is 5.74. The Morgan fingerprint density at radius 3 is 2.82 bits per heavy atom. The predicted molar refractivity (Wildman–Crippen MR) is 88.2 cm³/mol. The van der Waals surface area contributed by atoms with Gasteiger partial charge < -0.3 is 10.4 Å². The molecule has 2 N–H and O–H groups in total. The van der Waals surface area contributed by atoms with Gasteiger partial charge in [-0.3, -0.25) is 9.48 Å². The molecule has 0 radical (unpaired) electrons. The van der Waals surface area contributed by atoms with Crippen molar-refractivity contribution in [3.05, 3.63) is 39.3 Å². The second kappa shape index (κ2) is 6.62. The number of rotatable bonds is 6. The summed E-state index contributed by atoms with van der Waals surface area (Å²) in [6.45, 7) is 8.49. The lowest BCUT2D eigenvalue weighted by Gasteiger charge is -2.22. The lowest BCUT2D eigenvalue weighted by atomic mass is 9.99. The number of aryl methyl sites for hydroxylation is 2. The summed E-state index contributed by atoms with van der Waals surface area (Å²) >= 11 is 1.52. The third-order valence-electron chi connectivity index (χ3n) is 3.78. The molecule has 0 saturated carbocycles. The number of carbonyl (C=O) groups excluding carboxylic acids is 1. The maximum atomic E-state index is 12.4. The maximum Gasteiger partial charge on any atom is 0.255 e. The van der Waals surface area contributed by atoms with Crippen LogP contribution in [0.2, 0.25) is 0 Å². The molecule has 1 atom stereocenters. The first kappa shape index (κ1) is 16.7. The van der Waals surface area contributed by atoms with Crippen LogP contribution in [0.15, 0.2) is 16.8 Å². The largest absolute Gasteiger partial charge is 0.384 e. The molecule has 120 valence electrons. The average Bonchev–Trinajstić information content (AvgIpc) is 3.07. The zero-order valence-electron chi connectivity index (χ0n) is 13.5. The Hall–Kier alpha value is -1.66. The minimum atomic E-state index is -1.07. The molecule has 1 amide bonds. The van der Waals surface area contributed by atoms with E-state index >= 15 is 0 Å². The number of hydrogen-bond acceptors (Lipinski definition) is 4. The highest BCUT2D eigenvalue weighted by Gasteiger charge is 2.26. The van der Waals surface area contributed by atoms with Gasteiger partial charge in [0.25, 0.3) is 5.91 Å². The van der Waals surface area contributed by atoms with Crippen molar-refractivity contribution in [3.63, 3.8) is 0 Å². The third-order valence-corrected chi connectivity index (χ3v) is 4.46. The van der Waals surface area contributed by atoms with E-state index in [-0.39, 0.29) is 12.5 Å². The first-order valence-corrected chi connectivity index (χ1v) is 8.38. The molecule has 0 aliphatic carbocycles. The lowest BCUT2D eigenvalue weighted by molar-refractivity contribution is 0.0529. The molecular weight excluding hydrogens is 298 g/mol. The number of carbonyl (C=O) groups is 1. The fourth-order valence-corrected chi connectivity index (χ4v) is 3.25. The van der Waals surface area contributed by atoms with Crippen molar-refractivity contribution in [1.29, 1.82) is 0 Å². The van der Waals surface area contributed by atoms with Gasteiger partial charge in [0.1, 0.15) is 5.60 Å². The summed E-state index contributed by atoms with van der Waals surface area (Å²) in [5, 5.41) is 21.5. The van der Waals surface area contributed by atoms with Crippen LogP contribution in [0.25, 0.3) is 0 Å². The Balaban J connectivity index is 2.10. The summed E-state index contributed by atoms with van der Waals surface area (Å²) < 4.78 is 1.86. The normalized spacial score (nSPS) is 13.9. The van der Waals surface area contributed by atoms with Crippen molar-refractivity contribution in [1.82, 2.24) is 15.1 Å². The van der Waals surface area contributed by atoms with Gasteiger partial charge in [0.2, 0.25) is 0 Å². The smallest absolute Gasteiger partial charge is 0.255 e. The first-order chi connectivity index (χ1) is 10.4. The molecule has 0 bridgehead atoms. The molecule has 0 saturated heterocycles. The minimum absolute atomic E-state index is 0.167. The highest BCUT2D eigenvalue weighted by molar-refractivity contribution is 7.08. The quantitative estimate of drug-likeness (QED) is 0.859. The van der Waals surface area contributed by atoms with Crippen molar-refractivity contribution in [2.75, 3.05) is 6.54 Å². The first-order valence-electron chi connectivity index (χ1n) is 7.44. The molecule has 22 heavy (non-hydrogen) atoms. The second-order valence-corrected chi connectivity index (χ2v) is 6.52. The topological polar surface area (TPSA) is 67.2 Å². The van der Waals surface area contributed by atoms with E-state index in [2.05, 4.69) is 17.3 Å². The van der Waals surface area contributed by atoms with Crippen molar-refractivity contribution in [3.8, 4) is 0 Å². The molecule has 2 aromatic heterocycles. The fraction of sp³-hybridized carbons (Fsp3) is 0.500. The van der Waals surface area contributed by atoms with Gasteiger partial charge in [-0.2, -0.15) is 16.4 Å². The molecule has 6 heteroatoms. The number of aliphatic hydroxyl groups is 1. The van der Waals surface area contributed by atoms with Gasteiger partial charge >= 0.3 is 0 Å². The highest BCUT2D eigenvalue weighted by atomic mass is 32.1. The summed E-state index contributed by atoms with van der Waals surface area (Å²) in [5.41, 5.74) is 1.94. The molecule has 2 rings (SSSR count). The molecular formula is C16H23N3O2S. The number of nitrogens with one attached hydrogen (secondary N) is 1. The number of amides is 1. The predicted octanol–water partition coefficient (Wildman–Crippen LogP) is 2.61. The summed E-state index contributed by atoms with van der Waals surface area (Å²) in [5.74, 6) is -0.187. The maximum absolute atomic E-state index is 12.4. The van der Waals surface area contributed by atoms with Crippen LogP contribution in [-0.4, -0.2) is 27.3 Å². The Labute approximate surface area is 135 Å². The van der Waals surface area contributed by atoms with E-state index in [0.717, 1.165) is 29.9 Å². The standard InChI is InChI=1S/C16H23N3O2S/c1-5-7-19-12(3)14(11(2)18-19)15(20)17-10-16(4,21)13-6-8-22-9-13/h6,8-9,21H,5,7,10H2,1-4H3,(H,17,20). The van der Waals surface area contributed by atoms with Crippen LogP contribution < -0.4 is 5.32 Å². The van der Waals surface area contributed by atoms with E-state index in [4.69, 9.17) is 0 Å². The SMILES string of the molecule is CCCn1nc(C)c(C(=O)NCC(C)(O)c2ccsc2)c1C. The minimum Gasteiger partial charge on any atom is -0.384 e. The van der Waals surface area contributed by atoms with Gasteiger partial charge in [0.05, 0.1) is 17.8 Å². The van der Waals surface area contributed by atoms with Gasteiger partial charge in [0.15, 0.2) is 0 Å². The molecule has 0 fully saturated rings. The van der Waals surface area contributed by atoms with Gasteiger partial charge in [0, 0.05) is 12.2 Å². The molecule has 1 unspecified atom stereocenters. The zero-order valence-corrected chi connectivity index (χ0v) is 14.3. The van der Waals surface area contributed by atoms with Gasteiger partial charge in [-0.1, -0.05) is 6.92 Å². The van der Waals surface area contributed by atoms with Crippen LogP contribution in [-0.2, 0) is 12.1 Å². The fourth-order valence-electron chi connectivity index (χ4n) is 2.47. The van der Waals surface area contributed by atoms with Crippen LogP contribution >= 0.6 is 11.3 Å². The van der Waals surface area contributed by atoms with E-state index in [9.17, 15) is 9.90 Å². The van der Waals surface area contributed by atoms with Crippen LogP contribution in [0, 0.1) is 13.8 Å². The summed E-state index contributed by atoms with van der Waals surface area (Å²) in [4.78, 5) is 12.4. The molecule has 2 aromatic rings. The number of thiophene rings is 1. The van der Waals surface area contributed by atoms with E-state index in [1.54, 1.807) is 6.92 Å². The molecule has 5 nitrogen and oxygen atoms in total. The highest BCUT2D eigenvalue weighted by Crippen LogP contribution is 2.22. The molecule has 0 spiro atoms. The molecule has 2 heterocycles. The van der Waals surface area contributed by atoms with E-state index in [1.165, 1.54) is 11.3 Å². The summed E-state index contributed by atoms with van der Waals surface area (Å²) in [6.07, 6.45) is 0.968. The Kier molecular flexibility index (Phi) is 5.03. The number of hydrogen-bond donors (Lipinski definition) is 2. The van der Waals surface area contributed by atoms with Crippen molar-refractivity contribution < 1.29 is 9.90 Å². The van der Waals surface area contributed by atoms with Crippen LogP contribution in [0.3, 0.4) is 0 Å².